The Balaban J connectivity index is 1.86. The lowest BCUT2D eigenvalue weighted by atomic mass is 9.76. The lowest BCUT2D eigenvalue weighted by Crippen LogP contribution is -2.41. The summed E-state index contributed by atoms with van der Waals surface area (Å²) < 4.78 is 69.7. The molecule has 3 atom stereocenters. The molecule has 1 spiro atoms. The molecule has 0 fully saturated rings. The summed E-state index contributed by atoms with van der Waals surface area (Å²) in [5.41, 5.74) is -1.74. The van der Waals surface area contributed by atoms with Crippen molar-refractivity contribution in [2.75, 3.05) is 6.54 Å². The van der Waals surface area contributed by atoms with Gasteiger partial charge in [0.05, 0.1) is 23.6 Å². The van der Waals surface area contributed by atoms with Crippen LogP contribution >= 0.6 is 23.2 Å². The second-order valence-corrected chi connectivity index (χ2v) is 7.71. The number of pyridine rings is 1. The van der Waals surface area contributed by atoms with Crippen molar-refractivity contribution in [3.8, 4) is 0 Å². The zero-order valence-electron chi connectivity index (χ0n) is 14.3. The summed E-state index contributed by atoms with van der Waals surface area (Å²) in [7, 11) is 0. The third kappa shape index (κ3) is 3.36. The summed E-state index contributed by atoms with van der Waals surface area (Å²) in [6.07, 6.45) is -3.27. The lowest BCUT2D eigenvalue weighted by molar-refractivity contribution is -0.0981. The molecule has 1 N–H and O–H groups in total. The molecule has 1 aromatic rings. The molecule has 3 aliphatic rings. The minimum absolute atomic E-state index is 0.0177. The number of aliphatic hydroxyl groups is 1. The number of aliphatic imine (C=N–C) groups is 1. The number of nitrogens with zero attached hydrogens (tertiary/aromatic N) is 3. The van der Waals surface area contributed by atoms with E-state index in [0.717, 1.165) is 11.1 Å². The van der Waals surface area contributed by atoms with Crippen molar-refractivity contribution in [2.24, 2.45) is 4.99 Å². The summed E-state index contributed by atoms with van der Waals surface area (Å²) in [4.78, 5) is 9.45. The van der Waals surface area contributed by atoms with Crippen molar-refractivity contribution < 1.29 is 31.8 Å². The largest absolute Gasteiger partial charge is 0.431 e. The van der Waals surface area contributed by atoms with Gasteiger partial charge in [0.25, 0.3) is 0 Å². The van der Waals surface area contributed by atoms with Gasteiger partial charge < -0.3 is 14.7 Å². The van der Waals surface area contributed by atoms with E-state index < -0.39 is 41.1 Å². The van der Waals surface area contributed by atoms with Crippen molar-refractivity contribution in [3.63, 3.8) is 0 Å². The van der Waals surface area contributed by atoms with Gasteiger partial charge in [-0.2, -0.15) is 22.0 Å². The Morgan fingerprint density at radius 2 is 2.07 bits per heavy atom. The molecule has 29 heavy (non-hydrogen) atoms. The van der Waals surface area contributed by atoms with Gasteiger partial charge in [0.1, 0.15) is 10.7 Å². The summed E-state index contributed by atoms with van der Waals surface area (Å²) in [6, 6.07) is 1.53. The van der Waals surface area contributed by atoms with Gasteiger partial charge in [0.2, 0.25) is 0 Å². The van der Waals surface area contributed by atoms with Crippen LogP contribution in [-0.2, 0) is 10.3 Å². The van der Waals surface area contributed by atoms with Crippen molar-refractivity contribution in [1.29, 1.82) is 0 Å². The zero-order chi connectivity index (χ0) is 21.1. The molecule has 0 aromatic carbocycles. The van der Waals surface area contributed by atoms with E-state index in [1.807, 2.05) is 0 Å². The van der Waals surface area contributed by atoms with E-state index in [9.17, 15) is 27.1 Å². The Labute approximate surface area is 171 Å². The van der Waals surface area contributed by atoms with Crippen LogP contribution in [0, 0.1) is 0 Å². The van der Waals surface area contributed by atoms with Gasteiger partial charge in [-0.1, -0.05) is 11.6 Å². The van der Waals surface area contributed by atoms with E-state index in [0.29, 0.717) is 11.6 Å². The van der Waals surface area contributed by atoms with E-state index in [-0.39, 0.29) is 29.5 Å². The van der Waals surface area contributed by atoms with E-state index in [4.69, 9.17) is 23.2 Å². The van der Waals surface area contributed by atoms with Crippen LogP contribution in [0.15, 0.2) is 40.9 Å². The third-order valence-electron chi connectivity index (χ3n) is 4.98. The fourth-order valence-electron chi connectivity index (χ4n) is 3.83. The van der Waals surface area contributed by atoms with Gasteiger partial charge >= 0.3 is 12.8 Å². The molecule has 0 saturated heterocycles. The molecule has 5 nitrogen and oxygen atoms in total. The number of hydrogen-bond acceptors (Lipinski definition) is 5. The van der Waals surface area contributed by atoms with Crippen LogP contribution < -0.4 is 0 Å². The first-order chi connectivity index (χ1) is 13.5. The van der Waals surface area contributed by atoms with Gasteiger partial charge in [-0.05, 0) is 24.1 Å². The molecule has 0 radical (unpaired) electrons. The van der Waals surface area contributed by atoms with Crippen LogP contribution in [0.1, 0.15) is 23.7 Å². The number of halogens is 7. The van der Waals surface area contributed by atoms with Gasteiger partial charge in [-0.15, -0.1) is 11.6 Å². The summed E-state index contributed by atoms with van der Waals surface area (Å²) in [5, 5.41) is 9.53. The average Bonchev–Trinajstić information content (AvgIpc) is 2.98. The molecule has 1 aromatic heterocycles. The summed E-state index contributed by atoms with van der Waals surface area (Å²) in [5.74, 6) is -0.886. The van der Waals surface area contributed by atoms with Crippen molar-refractivity contribution in [1.82, 2.24) is 9.88 Å². The zero-order valence-corrected chi connectivity index (χ0v) is 15.8. The number of rotatable bonds is 2. The average molecular weight is 456 g/mol. The SMILES string of the molecule is OC1c2c(ccnc2Cl)C2(CC1Cl)CN1C=C(C(F)(F)F)C=C(OC(F)F)C1=N2. The smallest absolute Gasteiger partial charge is 0.417 e. The number of aliphatic hydroxyl groups excluding tert-OH is 1. The number of ether oxygens (including phenoxy) is 1. The van der Waals surface area contributed by atoms with Gasteiger partial charge in [-0.3, -0.25) is 4.99 Å². The molecule has 3 heterocycles. The molecule has 156 valence electrons. The molecule has 3 unspecified atom stereocenters. The van der Waals surface area contributed by atoms with Crippen molar-refractivity contribution in [3.05, 3.63) is 52.2 Å². The maximum atomic E-state index is 13.2. The van der Waals surface area contributed by atoms with Crippen molar-refractivity contribution in [2.45, 2.75) is 36.2 Å². The lowest BCUT2D eigenvalue weighted by Gasteiger charge is -2.38. The quantitative estimate of drug-likeness (QED) is 0.411. The van der Waals surface area contributed by atoms with E-state index in [1.54, 1.807) is 0 Å². The summed E-state index contributed by atoms with van der Waals surface area (Å²) in [6.45, 7) is -3.47. The Kier molecular flexibility index (Phi) is 4.79. The van der Waals surface area contributed by atoms with E-state index >= 15 is 0 Å². The first-order valence-corrected chi connectivity index (χ1v) is 9.13. The molecule has 12 heteroatoms. The number of allylic oxidation sites excluding steroid dienone is 2. The number of amidine groups is 1. The van der Waals surface area contributed by atoms with Gasteiger partial charge in [0, 0.05) is 18.0 Å². The van der Waals surface area contributed by atoms with Crippen LogP contribution in [-0.4, -0.2) is 45.5 Å². The van der Waals surface area contributed by atoms with E-state index in [1.165, 1.54) is 12.3 Å². The number of fused-ring (bicyclic) bond motifs is 3. The minimum atomic E-state index is -4.78. The van der Waals surface area contributed by atoms with Crippen LogP contribution in [0.4, 0.5) is 22.0 Å². The second-order valence-electron chi connectivity index (χ2n) is 6.79. The summed E-state index contributed by atoms with van der Waals surface area (Å²) >= 11 is 12.4. The maximum absolute atomic E-state index is 13.2. The molecular weight excluding hydrogens is 444 g/mol. The standard InChI is InChI=1S/C17H12Cl2F5N3O2/c18-9-4-16(8-1-2-25-13(19)11(8)12(9)28)6-27-5-7(17(22,23)24)3-10(14(27)26-16)29-15(20)21/h1-3,5,9,12,15,28H,4,6H2. The number of aromatic nitrogens is 1. The first kappa shape index (κ1) is 20.4. The Hall–Kier alpha value is -1.91. The predicted molar refractivity (Wildman–Crippen MR) is 93.6 cm³/mol. The highest BCUT2D eigenvalue weighted by atomic mass is 35.5. The van der Waals surface area contributed by atoms with Crippen LogP contribution in [0.2, 0.25) is 5.15 Å². The highest BCUT2D eigenvalue weighted by Crippen LogP contribution is 2.50. The highest BCUT2D eigenvalue weighted by molar-refractivity contribution is 6.30. The molecule has 0 amide bonds. The molecule has 4 rings (SSSR count). The van der Waals surface area contributed by atoms with Crippen molar-refractivity contribution >= 4 is 29.0 Å². The van der Waals surface area contributed by atoms with Gasteiger partial charge in [-0.25, -0.2) is 4.98 Å². The number of alkyl halides is 6. The molecular formula is C17H12Cl2F5N3O2. The Morgan fingerprint density at radius 3 is 2.72 bits per heavy atom. The second kappa shape index (κ2) is 6.82. The third-order valence-corrected chi connectivity index (χ3v) is 5.68. The van der Waals surface area contributed by atoms with Crippen LogP contribution in [0.3, 0.4) is 0 Å². The highest BCUT2D eigenvalue weighted by Gasteiger charge is 2.51. The molecule has 0 bridgehead atoms. The molecule has 0 saturated carbocycles. The fraction of sp³-hybridized carbons (Fsp3) is 0.412. The van der Waals surface area contributed by atoms with E-state index in [2.05, 4.69) is 14.7 Å². The van der Waals surface area contributed by atoms with Crippen LogP contribution in [0.5, 0.6) is 0 Å². The Bertz CT molecular complexity index is 949. The normalized spacial score (nSPS) is 28.7. The fourth-order valence-corrected chi connectivity index (χ4v) is 4.48. The topological polar surface area (TPSA) is 58.0 Å². The maximum Gasteiger partial charge on any atom is 0.417 e. The molecule has 2 aliphatic heterocycles. The monoisotopic (exact) mass is 455 g/mol. The molecule has 1 aliphatic carbocycles. The van der Waals surface area contributed by atoms with Crippen LogP contribution in [0.25, 0.3) is 0 Å². The minimum Gasteiger partial charge on any atom is -0.431 e. The Morgan fingerprint density at radius 1 is 1.34 bits per heavy atom. The first-order valence-electron chi connectivity index (χ1n) is 8.31. The predicted octanol–water partition coefficient (Wildman–Crippen LogP) is 4.27. The van der Waals surface area contributed by atoms with Gasteiger partial charge in [0.15, 0.2) is 11.6 Å². The number of hydrogen-bond donors (Lipinski definition) is 1.